The fraction of sp³-hybridized carbons (Fsp3) is 0.190. The lowest BCUT2D eigenvalue weighted by molar-refractivity contribution is 0.141. The van der Waals surface area contributed by atoms with Crippen molar-refractivity contribution in [3.8, 4) is 5.75 Å². The molecule has 0 N–H and O–H groups in total. The molecule has 1 aliphatic carbocycles. The molecule has 252 valence electrons. The van der Waals surface area contributed by atoms with E-state index in [1.54, 1.807) is 0 Å². The molecule has 0 amide bonds. The first-order valence-corrected chi connectivity index (χ1v) is 20.6. The third-order valence-corrected chi connectivity index (χ3v) is 16.8. The zero-order chi connectivity index (χ0) is 34.3. The lowest BCUT2D eigenvalue weighted by Crippen LogP contribution is -2.38. The predicted octanol–water partition coefficient (Wildman–Crippen LogP) is 6.50. The number of rotatable bonds is 7. The van der Waals surface area contributed by atoms with Crippen molar-refractivity contribution in [3.63, 3.8) is 0 Å². The number of fused-ring (bicyclic) bond motifs is 2. The second kappa shape index (κ2) is 13.2. The summed E-state index contributed by atoms with van der Waals surface area (Å²) in [4.78, 5) is 4.39. The van der Waals surface area contributed by atoms with Gasteiger partial charge in [-0.1, -0.05) is 127 Å². The van der Waals surface area contributed by atoms with Crippen LogP contribution in [0.15, 0.2) is 151 Å². The Morgan fingerprint density at radius 2 is 1.10 bits per heavy atom. The summed E-state index contributed by atoms with van der Waals surface area (Å²) in [5, 5.41) is 3.65. The molecule has 1 atom stereocenters. The van der Waals surface area contributed by atoms with Gasteiger partial charge in [-0.3, -0.25) is 0 Å². The lowest BCUT2D eigenvalue weighted by atomic mass is 9.91. The average Bonchev–Trinajstić information content (AvgIpc) is 3.18. The Kier molecular flexibility index (Phi) is 8.55. The molecule has 2 heterocycles. The summed E-state index contributed by atoms with van der Waals surface area (Å²) in [5.41, 5.74) is 2.84. The number of hydrogen-bond donors (Lipinski definition) is 0. The van der Waals surface area contributed by atoms with E-state index in [0.717, 1.165) is 50.3 Å². The molecule has 2 aliphatic heterocycles. The molecular weight excluding hydrogens is 658 g/mol. The van der Waals surface area contributed by atoms with Crippen LogP contribution in [0.3, 0.4) is 0 Å². The molecule has 0 unspecified atom stereocenters. The van der Waals surface area contributed by atoms with E-state index in [9.17, 15) is 0 Å². The van der Waals surface area contributed by atoms with Gasteiger partial charge in [0.2, 0.25) is 0 Å². The molecule has 50 heavy (non-hydrogen) atoms. The van der Waals surface area contributed by atoms with Crippen molar-refractivity contribution in [1.82, 2.24) is 4.90 Å². The van der Waals surface area contributed by atoms with E-state index < -0.39 is 19.9 Å². The van der Waals surface area contributed by atoms with Crippen molar-refractivity contribution in [2.24, 2.45) is 0 Å². The van der Waals surface area contributed by atoms with Crippen LogP contribution in [0.1, 0.15) is 12.0 Å². The number of allylic oxidation sites excluding steroid dienone is 2. The summed E-state index contributed by atoms with van der Waals surface area (Å²) in [5.74, 6) is 1.34. The molecule has 5 aromatic rings. The molecule has 3 aliphatic rings. The van der Waals surface area contributed by atoms with Crippen LogP contribution in [-0.2, 0) is 13.9 Å². The number of likely N-dealkylation sites (N-methyl/N-ethyl adjacent to an activating group) is 2. The predicted molar refractivity (Wildman–Crippen MR) is 206 cm³/mol. The molecule has 8 rings (SSSR count). The van der Waals surface area contributed by atoms with Crippen molar-refractivity contribution in [1.29, 1.82) is 0 Å². The number of hydrogen-bond acceptors (Lipinski definition) is 6. The van der Waals surface area contributed by atoms with Gasteiger partial charge >= 0.3 is 0 Å². The molecule has 0 aromatic heterocycles. The Balaban J connectivity index is 1.51. The van der Waals surface area contributed by atoms with E-state index in [1.807, 2.05) is 133 Å². The highest BCUT2D eigenvalue weighted by molar-refractivity contribution is 7.85. The summed E-state index contributed by atoms with van der Waals surface area (Å²) in [6.45, 7) is 2.38. The Bertz CT molecular complexity index is 2100. The van der Waals surface area contributed by atoms with Crippen LogP contribution in [0.5, 0.6) is 5.75 Å². The van der Waals surface area contributed by atoms with Crippen LogP contribution >= 0.6 is 14.3 Å². The smallest absolute Gasteiger partial charge is 0.171 e. The van der Waals surface area contributed by atoms with Gasteiger partial charge in [-0.2, -0.15) is 0 Å². The van der Waals surface area contributed by atoms with Crippen molar-refractivity contribution in [2.75, 3.05) is 45.3 Å². The largest absolute Gasteiger partial charge is 0.489 e. The minimum Gasteiger partial charge on any atom is -0.489 e. The first-order chi connectivity index (χ1) is 24.4. The van der Waals surface area contributed by atoms with Gasteiger partial charge in [0, 0.05) is 51.8 Å². The normalized spacial score (nSPS) is 17.6. The Labute approximate surface area is 294 Å². The minimum absolute atomic E-state index is 0.465. The third-order valence-electron chi connectivity index (χ3n) is 10.2. The highest BCUT2D eigenvalue weighted by atomic mass is 31.2. The molecule has 1 saturated heterocycles. The van der Waals surface area contributed by atoms with E-state index in [-0.39, 0.29) is 0 Å². The molecule has 6 nitrogen and oxygen atoms in total. The maximum absolute atomic E-state index is 16.4. The molecule has 0 saturated carbocycles. The Morgan fingerprint density at radius 3 is 1.66 bits per heavy atom. The van der Waals surface area contributed by atoms with E-state index in [4.69, 9.17) is 9.47 Å². The number of nitrogens with zero attached hydrogens (tertiary/aromatic N) is 2. The van der Waals surface area contributed by atoms with Crippen LogP contribution in [0.2, 0.25) is 0 Å². The molecular formula is C42H40N2O4P2. The number of anilines is 1. The second-order valence-electron chi connectivity index (χ2n) is 13.0. The van der Waals surface area contributed by atoms with Gasteiger partial charge in [-0.25, -0.2) is 0 Å². The van der Waals surface area contributed by atoms with Crippen LogP contribution in [0.4, 0.5) is 5.69 Å². The first kappa shape index (κ1) is 32.4. The van der Waals surface area contributed by atoms with Gasteiger partial charge in [-0.15, -0.1) is 0 Å². The Hall–Kier alpha value is -4.76. The average molecular weight is 699 g/mol. The third kappa shape index (κ3) is 5.25. The first-order valence-electron chi connectivity index (χ1n) is 17.1. The fourth-order valence-electron chi connectivity index (χ4n) is 7.67. The van der Waals surface area contributed by atoms with Gasteiger partial charge < -0.3 is 28.4 Å². The SMILES string of the molecule is CN1CCOC2=C(c3c(P(=O)(c4ccccc4)c4ccccc4)ccc4c3OCCN4C)[C@H](P(=O)(c3ccccc3)c3ccccc3)CC=C21. The summed E-state index contributed by atoms with van der Waals surface area (Å²) < 4.78 is 46.1. The van der Waals surface area contributed by atoms with Gasteiger partial charge in [-0.05, 0) is 18.6 Å². The van der Waals surface area contributed by atoms with Crippen molar-refractivity contribution in [2.45, 2.75) is 12.1 Å². The maximum Gasteiger partial charge on any atom is 0.171 e. The van der Waals surface area contributed by atoms with Crippen LogP contribution < -0.4 is 36.2 Å². The number of ether oxygens (including phenoxy) is 2. The standard InChI is InChI=1S/C42H40N2O4P2/c1-43-27-29-47-41-35(43)23-25-37(49(45,31-15-7-3-8-16-31)32-17-9-4-10-18-32)39(41)40-38(26-24-36-42(40)48-30-28-44(36)2)50(46,33-19-11-5-12-20-33)34-21-13-6-14-22-34/h3-25,38H,26-30H2,1-2H3/t38-/m1/s1. The van der Waals surface area contributed by atoms with E-state index >= 15 is 9.13 Å². The number of morpholine rings is 1. The lowest BCUT2D eigenvalue weighted by Gasteiger charge is -2.41. The summed E-state index contributed by atoms with van der Waals surface area (Å²) in [6, 6.07) is 43.2. The summed E-state index contributed by atoms with van der Waals surface area (Å²) in [6.07, 6.45) is 2.68. The highest BCUT2D eigenvalue weighted by Gasteiger charge is 2.47. The van der Waals surface area contributed by atoms with E-state index in [2.05, 4.69) is 30.0 Å². The van der Waals surface area contributed by atoms with Gasteiger partial charge in [0.25, 0.3) is 0 Å². The van der Waals surface area contributed by atoms with Gasteiger partial charge in [0.15, 0.2) is 20.0 Å². The molecule has 0 spiro atoms. The van der Waals surface area contributed by atoms with Crippen LogP contribution in [0.25, 0.3) is 5.57 Å². The van der Waals surface area contributed by atoms with Crippen molar-refractivity contribution in [3.05, 3.63) is 157 Å². The zero-order valence-electron chi connectivity index (χ0n) is 28.3. The van der Waals surface area contributed by atoms with E-state index in [0.29, 0.717) is 43.0 Å². The Morgan fingerprint density at radius 1 is 0.600 bits per heavy atom. The zero-order valence-corrected chi connectivity index (χ0v) is 30.1. The topological polar surface area (TPSA) is 59.1 Å². The summed E-state index contributed by atoms with van der Waals surface area (Å²) >= 11 is 0. The maximum atomic E-state index is 16.4. The minimum atomic E-state index is -3.54. The fourth-order valence-corrected chi connectivity index (χ4v) is 13.8. The summed E-state index contributed by atoms with van der Waals surface area (Å²) in [7, 11) is -2.84. The van der Waals surface area contributed by atoms with Gasteiger partial charge in [0.1, 0.15) is 19.0 Å². The van der Waals surface area contributed by atoms with Crippen molar-refractivity contribution >= 4 is 52.1 Å². The molecule has 5 aromatic carbocycles. The monoisotopic (exact) mass is 698 g/mol. The number of benzene rings is 5. The van der Waals surface area contributed by atoms with Gasteiger partial charge in [0.05, 0.1) is 30.1 Å². The molecule has 8 heteroatoms. The van der Waals surface area contributed by atoms with E-state index in [1.165, 1.54) is 0 Å². The van der Waals surface area contributed by atoms with Crippen LogP contribution in [0, 0.1) is 0 Å². The highest BCUT2D eigenvalue weighted by Crippen LogP contribution is 2.60. The van der Waals surface area contributed by atoms with Crippen molar-refractivity contribution < 1.29 is 18.6 Å². The molecule has 1 fully saturated rings. The molecule has 0 bridgehead atoms. The molecule has 0 radical (unpaired) electrons. The second-order valence-corrected chi connectivity index (χ2v) is 18.7. The van der Waals surface area contributed by atoms with Crippen LogP contribution in [-0.4, -0.2) is 51.0 Å². The quantitative estimate of drug-likeness (QED) is 0.181.